The molecule has 0 spiro atoms. The number of rotatable bonds is 4. The van der Waals surface area contributed by atoms with E-state index in [0.717, 1.165) is 6.42 Å². The Bertz CT molecular complexity index is 351. The minimum absolute atomic E-state index is 0. The fraction of sp³-hybridized carbons (Fsp3) is 0.750. The molecule has 0 aliphatic carbocycles. The first-order chi connectivity index (χ1) is 8.30. The van der Waals surface area contributed by atoms with Crippen molar-refractivity contribution in [1.82, 2.24) is 4.90 Å². The molecular formula is C12H20ClNO5. The SMILES string of the molecule is CC(C)(C)C(=O)OCOC(=O)CN1CCCC1=O.Cl. The Morgan fingerprint density at radius 2 is 1.89 bits per heavy atom. The first-order valence-corrected chi connectivity index (χ1v) is 5.91. The Kier molecular flexibility index (Phi) is 6.83. The van der Waals surface area contributed by atoms with Gasteiger partial charge in [0.25, 0.3) is 0 Å². The summed E-state index contributed by atoms with van der Waals surface area (Å²) in [6, 6.07) is 0. The molecule has 0 bridgehead atoms. The quantitative estimate of drug-likeness (QED) is 0.574. The minimum atomic E-state index is -0.628. The molecule has 1 saturated heterocycles. The van der Waals surface area contributed by atoms with Crippen LogP contribution in [-0.4, -0.2) is 42.6 Å². The highest BCUT2D eigenvalue weighted by Gasteiger charge is 2.25. The molecule has 0 aromatic rings. The fourth-order valence-corrected chi connectivity index (χ4v) is 1.44. The van der Waals surface area contributed by atoms with Gasteiger partial charge in [-0.05, 0) is 27.2 Å². The number of nitrogens with zero attached hydrogens (tertiary/aromatic N) is 1. The Morgan fingerprint density at radius 1 is 1.26 bits per heavy atom. The standard InChI is InChI=1S/C12H19NO5.ClH/c1-12(2,3)11(16)18-8-17-10(15)7-13-6-4-5-9(13)14;/h4-8H2,1-3H3;1H. The summed E-state index contributed by atoms with van der Waals surface area (Å²) >= 11 is 0. The molecule has 0 radical (unpaired) electrons. The Balaban J connectivity index is 0.00000324. The van der Waals surface area contributed by atoms with Crippen LogP contribution in [0.15, 0.2) is 0 Å². The molecule has 1 rings (SSSR count). The van der Waals surface area contributed by atoms with Crippen molar-refractivity contribution >= 4 is 30.3 Å². The van der Waals surface area contributed by atoms with Gasteiger partial charge in [-0.25, -0.2) is 0 Å². The van der Waals surface area contributed by atoms with Crippen molar-refractivity contribution in [3.8, 4) is 0 Å². The summed E-state index contributed by atoms with van der Waals surface area (Å²) in [7, 11) is 0. The van der Waals surface area contributed by atoms with Gasteiger partial charge < -0.3 is 14.4 Å². The molecule has 1 amide bonds. The molecule has 0 saturated carbocycles. The van der Waals surface area contributed by atoms with E-state index < -0.39 is 24.1 Å². The zero-order valence-electron chi connectivity index (χ0n) is 11.4. The van der Waals surface area contributed by atoms with Crippen molar-refractivity contribution in [2.45, 2.75) is 33.6 Å². The van der Waals surface area contributed by atoms with Crippen molar-refractivity contribution in [2.24, 2.45) is 5.41 Å². The molecule has 1 heterocycles. The van der Waals surface area contributed by atoms with Crippen LogP contribution in [0.4, 0.5) is 0 Å². The lowest BCUT2D eigenvalue weighted by atomic mass is 9.98. The number of hydrogen-bond acceptors (Lipinski definition) is 5. The predicted molar refractivity (Wildman–Crippen MR) is 69.6 cm³/mol. The molecule has 0 atom stereocenters. The number of esters is 2. The monoisotopic (exact) mass is 293 g/mol. The normalized spacial score (nSPS) is 14.9. The molecule has 1 fully saturated rings. The van der Waals surface area contributed by atoms with Crippen LogP contribution in [0.3, 0.4) is 0 Å². The fourth-order valence-electron chi connectivity index (χ4n) is 1.44. The molecule has 0 N–H and O–H groups in total. The number of amides is 1. The molecular weight excluding hydrogens is 274 g/mol. The maximum Gasteiger partial charge on any atom is 0.328 e. The lowest BCUT2D eigenvalue weighted by Gasteiger charge is -2.17. The number of likely N-dealkylation sites (tertiary alicyclic amines) is 1. The summed E-state index contributed by atoms with van der Waals surface area (Å²) in [6.45, 7) is 5.22. The zero-order chi connectivity index (χ0) is 13.8. The van der Waals surface area contributed by atoms with E-state index in [0.29, 0.717) is 13.0 Å². The lowest BCUT2D eigenvalue weighted by molar-refractivity contribution is -0.174. The lowest BCUT2D eigenvalue weighted by Crippen LogP contribution is -2.32. The van der Waals surface area contributed by atoms with E-state index in [-0.39, 0.29) is 24.9 Å². The summed E-state index contributed by atoms with van der Waals surface area (Å²) in [5.74, 6) is -1.04. The highest BCUT2D eigenvalue weighted by atomic mass is 35.5. The largest absolute Gasteiger partial charge is 0.427 e. The van der Waals surface area contributed by atoms with Crippen molar-refractivity contribution in [2.75, 3.05) is 19.9 Å². The number of ether oxygens (including phenoxy) is 2. The van der Waals surface area contributed by atoms with Gasteiger partial charge in [0.2, 0.25) is 12.7 Å². The van der Waals surface area contributed by atoms with Crippen LogP contribution in [0.25, 0.3) is 0 Å². The van der Waals surface area contributed by atoms with Crippen molar-refractivity contribution < 1.29 is 23.9 Å². The van der Waals surface area contributed by atoms with E-state index in [4.69, 9.17) is 9.47 Å². The van der Waals surface area contributed by atoms with Crippen LogP contribution in [0.5, 0.6) is 0 Å². The van der Waals surface area contributed by atoms with Gasteiger partial charge in [0.05, 0.1) is 5.41 Å². The predicted octanol–water partition coefficient (Wildman–Crippen LogP) is 1.12. The third-order valence-electron chi connectivity index (χ3n) is 2.51. The van der Waals surface area contributed by atoms with E-state index in [2.05, 4.69) is 0 Å². The second-order valence-electron chi connectivity index (χ2n) is 5.23. The van der Waals surface area contributed by atoms with Crippen molar-refractivity contribution in [1.29, 1.82) is 0 Å². The summed E-state index contributed by atoms with van der Waals surface area (Å²) < 4.78 is 9.53. The smallest absolute Gasteiger partial charge is 0.328 e. The number of hydrogen-bond donors (Lipinski definition) is 0. The topological polar surface area (TPSA) is 72.9 Å². The Labute approximate surface area is 118 Å². The average Bonchev–Trinajstić information content (AvgIpc) is 2.63. The van der Waals surface area contributed by atoms with Gasteiger partial charge in [-0.1, -0.05) is 0 Å². The van der Waals surface area contributed by atoms with E-state index >= 15 is 0 Å². The second-order valence-corrected chi connectivity index (χ2v) is 5.23. The van der Waals surface area contributed by atoms with Crippen LogP contribution in [-0.2, 0) is 23.9 Å². The van der Waals surface area contributed by atoms with Gasteiger partial charge in [0.1, 0.15) is 6.54 Å². The van der Waals surface area contributed by atoms with Crippen LogP contribution in [0.1, 0.15) is 33.6 Å². The molecule has 6 nitrogen and oxygen atoms in total. The highest BCUT2D eigenvalue weighted by molar-refractivity contribution is 5.85. The Morgan fingerprint density at radius 3 is 2.37 bits per heavy atom. The van der Waals surface area contributed by atoms with Crippen LogP contribution in [0.2, 0.25) is 0 Å². The summed E-state index contributed by atoms with van der Waals surface area (Å²) in [6.07, 6.45) is 1.25. The van der Waals surface area contributed by atoms with E-state index in [9.17, 15) is 14.4 Å². The van der Waals surface area contributed by atoms with Crippen LogP contribution >= 0.6 is 12.4 Å². The highest BCUT2D eigenvalue weighted by Crippen LogP contribution is 2.15. The molecule has 0 aromatic heterocycles. The van der Waals surface area contributed by atoms with Gasteiger partial charge in [-0.15, -0.1) is 12.4 Å². The second kappa shape index (κ2) is 7.33. The first-order valence-electron chi connectivity index (χ1n) is 5.91. The van der Waals surface area contributed by atoms with Crippen LogP contribution in [0, 0.1) is 5.41 Å². The van der Waals surface area contributed by atoms with E-state index in [1.165, 1.54) is 4.90 Å². The summed E-state index contributed by atoms with van der Waals surface area (Å²) in [5, 5.41) is 0. The Hall–Kier alpha value is -1.30. The van der Waals surface area contributed by atoms with E-state index in [1.54, 1.807) is 20.8 Å². The van der Waals surface area contributed by atoms with Crippen LogP contribution < -0.4 is 0 Å². The first kappa shape index (κ1) is 17.7. The maximum absolute atomic E-state index is 11.4. The maximum atomic E-state index is 11.4. The third-order valence-corrected chi connectivity index (χ3v) is 2.51. The molecule has 19 heavy (non-hydrogen) atoms. The zero-order valence-corrected chi connectivity index (χ0v) is 12.2. The molecule has 1 aliphatic heterocycles. The number of carbonyl (C=O) groups excluding carboxylic acids is 3. The average molecular weight is 294 g/mol. The van der Waals surface area contributed by atoms with Gasteiger partial charge in [-0.3, -0.25) is 14.4 Å². The molecule has 110 valence electrons. The van der Waals surface area contributed by atoms with Gasteiger partial charge in [0, 0.05) is 13.0 Å². The van der Waals surface area contributed by atoms with Gasteiger partial charge in [0.15, 0.2) is 0 Å². The summed E-state index contributed by atoms with van der Waals surface area (Å²) in [4.78, 5) is 35.4. The number of halogens is 1. The number of carbonyl (C=O) groups is 3. The van der Waals surface area contributed by atoms with Crippen molar-refractivity contribution in [3.63, 3.8) is 0 Å². The summed E-state index contributed by atoms with van der Waals surface area (Å²) in [5.41, 5.74) is -0.628. The van der Waals surface area contributed by atoms with Gasteiger partial charge in [-0.2, -0.15) is 0 Å². The molecule has 0 unspecified atom stereocenters. The third kappa shape index (κ3) is 5.92. The minimum Gasteiger partial charge on any atom is -0.427 e. The molecule has 0 aromatic carbocycles. The molecule has 1 aliphatic rings. The van der Waals surface area contributed by atoms with E-state index in [1.807, 2.05) is 0 Å². The van der Waals surface area contributed by atoms with Crippen molar-refractivity contribution in [3.05, 3.63) is 0 Å². The van der Waals surface area contributed by atoms with Gasteiger partial charge >= 0.3 is 11.9 Å². The molecule has 7 heteroatoms.